The Morgan fingerprint density at radius 1 is 0.914 bits per heavy atom. The minimum Gasteiger partial charge on any atom is -0.375 e. The largest absolute Gasteiger partial charge is 0.375 e. The molecule has 0 aromatic heterocycles. The molecular formula is C26H20Cl3N3O3. The van der Waals surface area contributed by atoms with Crippen molar-refractivity contribution in [3.8, 4) is 0 Å². The van der Waals surface area contributed by atoms with E-state index in [4.69, 9.17) is 34.8 Å². The molecule has 0 aliphatic carbocycles. The van der Waals surface area contributed by atoms with Crippen LogP contribution in [-0.4, -0.2) is 22.6 Å². The Labute approximate surface area is 217 Å². The molecule has 35 heavy (non-hydrogen) atoms. The fraction of sp³-hybridized carbons (Fsp3) is 0.115. The van der Waals surface area contributed by atoms with Gasteiger partial charge in [-0.25, -0.2) is 0 Å². The summed E-state index contributed by atoms with van der Waals surface area (Å²) in [4.78, 5) is 39.0. The second-order valence-electron chi connectivity index (χ2n) is 7.94. The van der Waals surface area contributed by atoms with Crippen molar-refractivity contribution in [3.63, 3.8) is 0 Å². The molecule has 3 aromatic carbocycles. The van der Waals surface area contributed by atoms with Gasteiger partial charge < -0.3 is 10.6 Å². The maximum Gasteiger partial charge on any atom is 0.278 e. The van der Waals surface area contributed by atoms with E-state index in [9.17, 15) is 14.4 Å². The molecule has 0 spiro atoms. The number of benzene rings is 3. The molecule has 0 bridgehead atoms. The van der Waals surface area contributed by atoms with Gasteiger partial charge in [0, 0.05) is 27.8 Å². The number of rotatable bonds is 7. The third-order valence-corrected chi connectivity index (χ3v) is 6.49. The molecule has 1 heterocycles. The lowest BCUT2D eigenvalue weighted by Gasteiger charge is -2.16. The standard InChI is InChI=1S/C26H20Cl3N3O3/c1-15-6-11-19(27)12-21(15)31-24(33)17-9-7-16(8-10-17)13-30-23-22(29)25(34)32(26(23)35)14-18-4-2-3-5-20(18)28/h2-12,30H,13-14H2,1H3,(H,31,33). The maximum absolute atomic E-state index is 12.8. The normalized spacial score (nSPS) is 13.4. The van der Waals surface area contributed by atoms with Crippen molar-refractivity contribution in [2.45, 2.75) is 20.0 Å². The summed E-state index contributed by atoms with van der Waals surface area (Å²) in [6, 6.07) is 19.1. The molecule has 0 radical (unpaired) electrons. The number of carbonyl (C=O) groups excluding carboxylic acids is 3. The summed E-state index contributed by atoms with van der Waals surface area (Å²) >= 11 is 18.3. The number of hydrogen-bond donors (Lipinski definition) is 2. The van der Waals surface area contributed by atoms with Gasteiger partial charge in [0.05, 0.1) is 6.54 Å². The molecule has 0 fully saturated rings. The van der Waals surface area contributed by atoms with E-state index in [2.05, 4.69) is 10.6 Å². The van der Waals surface area contributed by atoms with Crippen molar-refractivity contribution in [1.82, 2.24) is 10.2 Å². The molecule has 0 unspecified atom stereocenters. The number of anilines is 1. The van der Waals surface area contributed by atoms with Crippen LogP contribution < -0.4 is 10.6 Å². The molecule has 3 amide bonds. The fourth-order valence-electron chi connectivity index (χ4n) is 3.53. The Morgan fingerprint density at radius 2 is 1.63 bits per heavy atom. The number of imide groups is 1. The van der Waals surface area contributed by atoms with Gasteiger partial charge in [-0.05, 0) is 53.9 Å². The Bertz CT molecular complexity index is 1350. The third-order valence-electron chi connectivity index (χ3n) is 5.53. The molecule has 1 aliphatic heterocycles. The van der Waals surface area contributed by atoms with Crippen molar-refractivity contribution in [1.29, 1.82) is 0 Å². The summed E-state index contributed by atoms with van der Waals surface area (Å²) in [5.41, 5.74) is 3.46. The summed E-state index contributed by atoms with van der Waals surface area (Å²) in [5.74, 6) is -1.37. The Morgan fingerprint density at radius 3 is 2.34 bits per heavy atom. The van der Waals surface area contributed by atoms with Crippen molar-refractivity contribution < 1.29 is 14.4 Å². The zero-order valence-electron chi connectivity index (χ0n) is 18.6. The number of hydrogen-bond acceptors (Lipinski definition) is 4. The van der Waals surface area contributed by atoms with E-state index in [1.54, 1.807) is 60.7 Å². The zero-order valence-corrected chi connectivity index (χ0v) is 20.8. The van der Waals surface area contributed by atoms with Crippen LogP contribution in [0.4, 0.5) is 5.69 Å². The highest BCUT2D eigenvalue weighted by molar-refractivity contribution is 6.47. The van der Waals surface area contributed by atoms with Gasteiger partial charge >= 0.3 is 0 Å². The predicted octanol–water partition coefficient (Wildman–Crippen LogP) is 5.66. The van der Waals surface area contributed by atoms with E-state index < -0.39 is 11.8 Å². The van der Waals surface area contributed by atoms with Crippen LogP contribution >= 0.6 is 34.8 Å². The molecule has 3 aromatic rings. The Kier molecular flexibility index (Phi) is 7.45. The van der Waals surface area contributed by atoms with Gasteiger partial charge in [-0.2, -0.15) is 0 Å². The molecule has 4 rings (SSSR count). The molecular weight excluding hydrogens is 509 g/mol. The average Bonchev–Trinajstić information content (AvgIpc) is 3.04. The number of nitrogens with one attached hydrogen (secondary N) is 2. The fourth-order valence-corrected chi connectivity index (χ4v) is 4.15. The molecule has 9 heteroatoms. The zero-order chi connectivity index (χ0) is 25.1. The molecule has 1 aliphatic rings. The van der Waals surface area contributed by atoms with E-state index in [-0.39, 0.29) is 29.7 Å². The van der Waals surface area contributed by atoms with Gasteiger partial charge in [0.15, 0.2) is 0 Å². The van der Waals surface area contributed by atoms with Gasteiger partial charge in [0.1, 0.15) is 10.7 Å². The molecule has 2 N–H and O–H groups in total. The number of nitrogens with zero attached hydrogens (tertiary/aromatic N) is 1. The summed E-state index contributed by atoms with van der Waals surface area (Å²) in [6.07, 6.45) is 0. The van der Waals surface area contributed by atoms with Crippen molar-refractivity contribution in [3.05, 3.63) is 110 Å². The van der Waals surface area contributed by atoms with Gasteiger partial charge in [-0.1, -0.05) is 71.2 Å². The minimum absolute atomic E-state index is 0.0225. The summed E-state index contributed by atoms with van der Waals surface area (Å²) < 4.78 is 0. The van der Waals surface area contributed by atoms with Gasteiger partial charge in [-0.15, -0.1) is 0 Å². The summed E-state index contributed by atoms with van der Waals surface area (Å²) in [7, 11) is 0. The maximum atomic E-state index is 12.8. The predicted molar refractivity (Wildman–Crippen MR) is 137 cm³/mol. The first-order valence-electron chi connectivity index (χ1n) is 10.6. The average molecular weight is 529 g/mol. The number of carbonyl (C=O) groups is 3. The van der Waals surface area contributed by atoms with Crippen LogP contribution in [0.3, 0.4) is 0 Å². The van der Waals surface area contributed by atoms with Crippen molar-refractivity contribution in [2.75, 3.05) is 5.32 Å². The highest BCUT2D eigenvalue weighted by atomic mass is 35.5. The van der Waals surface area contributed by atoms with E-state index in [1.165, 1.54) is 0 Å². The summed E-state index contributed by atoms with van der Waals surface area (Å²) in [5, 5.41) is 6.62. The monoisotopic (exact) mass is 527 g/mol. The first-order chi connectivity index (χ1) is 16.7. The molecule has 6 nitrogen and oxygen atoms in total. The van der Waals surface area contributed by atoms with Crippen LogP contribution in [0.2, 0.25) is 10.0 Å². The Balaban J connectivity index is 1.39. The van der Waals surface area contributed by atoms with Crippen LogP contribution in [0, 0.1) is 6.92 Å². The third kappa shape index (κ3) is 5.51. The van der Waals surface area contributed by atoms with Crippen LogP contribution in [0.5, 0.6) is 0 Å². The number of amides is 3. The topological polar surface area (TPSA) is 78.5 Å². The van der Waals surface area contributed by atoms with Crippen LogP contribution in [0.15, 0.2) is 77.5 Å². The highest BCUT2D eigenvalue weighted by Crippen LogP contribution is 2.26. The quantitative estimate of drug-likeness (QED) is 0.388. The summed E-state index contributed by atoms with van der Waals surface area (Å²) in [6.45, 7) is 2.14. The first kappa shape index (κ1) is 24.8. The van der Waals surface area contributed by atoms with E-state index in [0.717, 1.165) is 16.0 Å². The molecule has 0 atom stereocenters. The molecule has 178 valence electrons. The van der Waals surface area contributed by atoms with E-state index in [0.29, 0.717) is 26.9 Å². The van der Waals surface area contributed by atoms with E-state index in [1.807, 2.05) is 13.0 Å². The lowest BCUT2D eigenvalue weighted by molar-refractivity contribution is -0.138. The van der Waals surface area contributed by atoms with Gasteiger partial charge in [0.25, 0.3) is 17.7 Å². The first-order valence-corrected chi connectivity index (χ1v) is 11.8. The van der Waals surface area contributed by atoms with Crippen molar-refractivity contribution >= 4 is 58.2 Å². The van der Waals surface area contributed by atoms with Crippen molar-refractivity contribution in [2.24, 2.45) is 0 Å². The lowest BCUT2D eigenvalue weighted by atomic mass is 10.1. The van der Waals surface area contributed by atoms with Crippen LogP contribution in [0.25, 0.3) is 0 Å². The minimum atomic E-state index is -0.581. The Hall–Kier alpha value is -3.32. The van der Waals surface area contributed by atoms with Gasteiger partial charge in [0.2, 0.25) is 0 Å². The highest BCUT2D eigenvalue weighted by Gasteiger charge is 2.37. The lowest BCUT2D eigenvalue weighted by Crippen LogP contribution is -2.33. The smallest absolute Gasteiger partial charge is 0.278 e. The van der Waals surface area contributed by atoms with E-state index >= 15 is 0 Å². The molecule has 0 saturated heterocycles. The molecule has 0 saturated carbocycles. The SMILES string of the molecule is Cc1ccc(Cl)cc1NC(=O)c1ccc(CNC2=C(Cl)C(=O)N(Cc3ccccc3Cl)C2=O)cc1. The second-order valence-corrected chi connectivity index (χ2v) is 9.16. The number of halogens is 3. The number of aryl methyl sites for hydroxylation is 1. The van der Waals surface area contributed by atoms with Crippen LogP contribution in [-0.2, 0) is 22.7 Å². The van der Waals surface area contributed by atoms with Gasteiger partial charge in [-0.3, -0.25) is 19.3 Å². The second kappa shape index (κ2) is 10.5. The van der Waals surface area contributed by atoms with Crippen LogP contribution in [0.1, 0.15) is 27.0 Å².